The van der Waals surface area contributed by atoms with E-state index in [1.807, 2.05) is 0 Å². The summed E-state index contributed by atoms with van der Waals surface area (Å²) in [6.45, 7) is 2.18. The third kappa shape index (κ3) is 25.6. The third-order valence-electron chi connectivity index (χ3n) is 16.3. The van der Waals surface area contributed by atoms with Crippen LogP contribution >= 0.6 is 0 Å². The summed E-state index contributed by atoms with van der Waals surface area (Å²) in [5.41, 5.74) is 0. The summed E-state index contributed by atoms with van der Waals surface area (Å²) in [7, 11) is 0. The molecule has 0 aromatic rings. The number of nitrogens with one attached hydrogen (secondary N) is 2. The fraction of sp³-hybridized carbons (Fsp3) is 0.949. The molecular formula is C59H110N2O21. The van der Waals surface area contributed by atoms with Crippen LogP contribution in [0.25, 0.3) is 0 Å². The molecule has 3 rings (SSSR count). The van der Waals surface area contributed by atoms with Crippen molar-refractivity contribution in [2.24, 2.45) is 0 Å². The van der Waals surface area contributed by atoms with Gasteiger partial charge in [-0.3, -0.25) is 9.59 Å². The molecule has 0 aromatic carbocycles. The minimum atomic E-state index is -3.07. The van der Waals surface area contributed by atoms with Crippen molar-refractivity contribution in [3.63, 3.8) is 0 Å². The second-order valence-corrected chi connectivity index (χ2v) is 23.3. The van der Waals surface area contributed by atoms with Crippen molar-refractivity contribution in [3.8, 4) is 0 Å². The molecule has 18 atom stereocenters. The number of ether oxygens (including phenoxy) is 6. The lowest BCUT2D eigenvalue weighted by molar-refractivity contribution is -0.386. The smallest absolute Gasteiger partial charge is 0.364 e. The Bertz CT molecular complexity index is 1690. The average Bonchev–Trinajstić information content (AvgIpc) is 3.41. The molecule has 14 N–H and O–H groups in total. The van der Waals surface area contributed by atoms with Gasteiger partial charge in [0.15, 0.2) is 12.6 Å². The molecule has 482 valence electrons. The quantitative estimate of drug-likeness (QED) is 0.0388. The Labute approximate surface area is 487 Å². The van der Waals surface area contributed by atoms with Gasteiger partial charge in [-0.15, -0.1) is 0 Å². The van der Waals surface area contributed by atoms with E-state index in [1.165, 1.54) is 116 Å². The van der Waals surface area contributed by atoms with Gasteiger partial charge in [0.05, 0.1) is 50.7 Å². The maximum absolute atomic E-state index is 13.4. The van der Waals surface area contributed by atoms with Crippen LogP contribution in [0.1, 0.15) is 220 Å². The molecule has 23 nitrogen and oxygen atoms in total. The van der Waals surface area contributed by atoms with Crippen molar-refractivity contribution < 1.29 is 104 Å². The standard InChI is InChI=1S/C59H110N2O21/c1-4-6-8-10-12-14-16-18-19-20-21-22-24-26-28-30-32-41(66)40(61-46(69)33-31-29-27-25-23-17-15-13-11-9-7-5-2)38-77-56-51(73)50(72)53(45(37-64)79-56)80-57-52(74)55(49(71)44(36-63)78-57)82-59(58(75)76)34-42(67)47(60-39(3)65)54(81-59)48(70)43(68)35-62/h40-45,47-57,62-64,66-68,70-74H,4-38H2,1-3H3,(H,60,65)(H,61,69)(H,75,76). The predicted molar refractivity (Wildman–Crippen MR) is 302 cm³/mol. The van der Waals surface area contributed by atoms with Crippen LogP contribution in [0.5, 0.6) is 0 Å². The van der Waals surface area contributed by atoms with E-state index in [4.69, 9.17) is 28.4 Å². The highest BCUT2D eigenvalue weighted by atomic mass is 16.8. The van der Waals surface area contributed by atoms with Gasteiger partial charge < -0.3 is 100 Å². The Hall–Kier alpha value is -2.27. The molecule has 23 heteroatoms. The first-order chi connectivity index (χ1) is 39.4. The van der Waals surface area contributed by atoms with Crippen molar-refractivity contribution in [2.45, 2.75) is 330 Å². The van der Waals surface area contributed by atoms with Crippen LogP contribution in [0.3, 0.4) is 0 Å². The van der Waals surface area contributed by atoms with Crippen LogP contribution in [0.15, 0.2) is 0 Å². The van der Waals surface area contributed by atoms with Crippen molar-refractivity contribution in [1.29, 1.82) is 0 Å². The fourth-order valence-electron chi connectivity index (χ4n) is 11.2. The molecule has 0 spiro atoms. The number of amides is 2. The minimum Gasteiger partial charge on any atom is -0.477 e. The van der Waals surface area contributed by atoms with Crippen molar-refractivity contribution in [1.82, 2.24) is 10.6 Å². The lowest BCUT2D eigenvalue weighted by Gasteiger charge is -2.50. The molecule has 2 amide bonds. The first kappa shape index (κ1) is 74.0. The minimum absolute atomic E-state index is 0.228. The Balaban J connectivity index is 1.65. The molecule has 3 fully saturated rings. The van der Waals surface area contributed by atoms with E-state index in [0.29, 0.717) is 19.3 Å². The van der Waals surface area contributed by atoms with Gasteiger partial charge in [0.2, 0.25) is 11.8 Å². The van der Waals surface area contributed by atoms with E-state index >= 15 is 0 Å². The molecule has 0 aliphatic carbocycles. The molecule has 3 heterocycles. The molecule has 0 aromatic heterocycles. The van der Waals surface area contributed by atoms with Gasteiger partial charge in [-0.1, -0.05) is 187 Å². The van der Waals surface area contributed by atoms with Crippen LogP contribution in [-0.2, 0) is 42.8 Å². The topological polar surface area (TPSA) is 373 Å². The monoisotopic (exact) mass is 1180 g/mol. The fourth-order valence-corrected chi connectivity index (χ4v) is 11.2. The van der Waals surface area contributed by atoms with Crippen molar-refractivity contribution in [3.05, 3.63) is 0 Å². The SMILES string of the molecule is CCCCCCCCCCCCCCCCCCC(O)C(COC1OC(CO)C(OC2OC(CO)C(O)C(OC3(C(=O)O)CC(O)C(NC(C)=O)C(C(O)C(O)CO)O3)C2O)C(O)C1O)NC(=O)CCCCCCCCCCCCCC. The number of aliphatic hydroxyl groups is 11. The molecule has 18 unspecified atom stereocenters. The van der Waals surface area contributed by atoms with E-state index in [0.717, 1.165) is 58.3 Å². The highest BCUT2D eigenvalue weighted by molar-refractivity contribution is 5.77. The van der Waals surface area contributed by atoms with E-state index in [-0.39, 0.29) is 18.9 Å². The zero-order valence-corrected chi connectivity index (χ0v) is 49.6. The summed E-state index contributed by atoms with van der Waals surface area (Å²) in [6.07, 6.45) is 4.10. The van der Waals surface area contributed by atoms with Gasteiger partial charge in [0, 0.05) is 19.8 Å². The summed E-state index contributed by atoms with van der Waals surface area (Å²) < 4.78 is 34.7. The lowest BCUT2D eigenvalue weighted by Crippen LogP contribution is -2.70. The zero-order valence-electron chi connectivity index (χ0n) is 49.6. The van der Waals surface area contributed by atoms with Gasteiger partial charge in [0.25, 0.3) is 5.79 Å². The number of carboxylic acid groups (broad SMARTS) is 1. The normalized spacial score (nSPS) is 30.1. The van der Waals surface area contributed by atoms with Gasteiger partial charge >= 0.3 is 5.97 Å². The molecule has 3 aliphatic rings. The molecule has 3 saturated heterocycles. The van der Waals surface area contributed by atoms with E-state index in [2.05, 4.69) is 24.5 Å². The number of carbonyl (C=O) groups is 3. The molecule has 0 bridgehead atoms. The van der Waals surface area contributed by atoms with Gasteiger partial charge in [-0.05, 0) is 12.8 Å². The van der Waals surface area contributed by atoms with Gasteiger partial charge in [-0.25, -0.2) is 4.79 Å². The van der Waals surface area contributed by atoms with E-state index in [1.54, 1.807) is 0 Å². The van der Waals surface area contributed by atoms with Crippen LogP contribution in [0, 0.1) is 0 Å². The van der Waals surface area contributed by atoms with E-state index < -0.39 is 148 Å². The Morgan fingerprint density at radius 1 is 0.585 bits per heavy atom. The van der Waals surface area contributed by atoms with Gasteiger partial charge in [-0.2, -0.15) is 0 Å². The number of aliphatic carboxylic acids is 1. The third-order valence-corrected chi connectivity index (χ3v) is 16.3. The Morgan fingerprint density at radius 3 is 1.52 bits per heavy atom. The van der Waals surface area contributed by atoms with Crippen molar-refractivity contribution >= 4 is 17.8 Å². The second-order valence-electron chi connectivity index (χ2n) is 23.3. The average molecular weight is 1180 g/mol. The highest BCUT2D eigenvalue weighted by Crippen LogP contribution is 2.38. The first-order valence-electron chi connectivity index (χ1n) is 31.4. The number of carbonyl (C=O) groups excluding carboxylic acids is 2. The maximum atomic E-state index is 13.4. The zero-order chi connectivity index (χ0) is 60.5. The van der Waals surface area contributed by atoms with Gasteiger partial charge in [0.1, 0.15) is 67.1 Å². The number of carboxylic acids is 1. The summed E-state index contributed by atoms with van der Waals surface area (Å²) >= 11 is 0. The number of rotatable bonds is 46. The maximum Gasteiger partial charge on any atom is 0.364 e. The van der Waals surface area contributed by atoms with Crippen LogP contribution in [0.4, 0.5) is 0 Å². The number of unbranched alkanes of at least 4 members (excludes halogenated alkanes) is 26. The van der Waals surface area contributed by atoms with Crippen molar-refractivity contribution in [2.75, 3.05) is 26.4 Å². The summed E-state index contributed by atoms with van der Waals surface area (Å²) in [6, 6.07) is -2.52. The molecule has 82 heavy (non-hydrogen) atoms. The van der Waals surface area contributed by atoms with Crippen LogP contribution in [0.2, 0.25) is 0 Å². The lowest BCUT2D eigenvalue weighted by atomic mass is 9.88. The first-order valence-corrected chi connectivity index (χ1v) is 31.4. The Morgan fingerprint density at radius 2 is 1.06 bits per heavy atom. The summed E-state index contributed by atoms with van der Waals surface area (Å²) in [5, 5.41) is 136. The molecule has 0 radical (unpaired) electrons. The number of hydrogen-bond donors (Lipinski definition) is 14. The molecule has 0 saturated carbocycles. The molecular weight excluding hydrogens is 1070 g/mol. The predicted octanol–water partition coefficient (Wildman–Crippen LogP) is 3.39. The summed E-state index contributed by atoms with van der Waals surface area (Å²) in [5.74, 6) is -6.10. The second kappa shape index (κ2) is 41.8. The summed E-state index contributed by atoms with van der Waals surface area (Å²) in [4.78, 5) is 38.4. The largest absolute Gasteiger partial charge is 0.477 e. The number of hydrogen-bond acceptors (Lipinski definition) is 20. The van der Waals surface area contributed by atoms with Crippen LogP contribution in [-0.4, -0.2) is 215 Å². The molecule has 3 aliphatic heterocycles. The van der Waals surface area contributed by atoms with E-state index in [9.17, 15) is 75.7 Å². The Kier molecular flexibility index (Phi) is 37.7. The van der Waals surface area contributed by atoms with Crippen LogP contribution < -0.4 is 10.6 Å². The number of aliphatic hydroxyl groups excluding tert-OH is 11. The highest BCUT2D eigenvalue weighted by Gasteiger charge is 2.60.